The first kappa shape index (κ1) is 11.6. The van der Waals surface area contributed by atoms with Crippen molar-refractivity contribution in [1.29, 1.82) is 0 Å². The van der Waals surface area contributed by atoms with E-state index in [1.54, 1.807) is 6.07 Å². The largest absolute Gasteiger partial charge is 0.366 e. The van der Waals surface area contributed by atoms with Crippen molar-refractivity contribution in [2.45, 2.75) is 26.2 Å². The smallest absolute Gasteiger partial charge is 0.248 e. The summed E-state index contributed by atoms with van der Waals surface area (Å²) in [6.45, 7) is 2.19. The zero-order valence-corrected chi connectivity index (χ0v) is 10.1. The average Bonchev–Trinajstić information content (AvgIpc) is 2.35. The van der Waals surface area contributed by atoms with Crippen LogP contribution in [0.25, 0.3) is 10.8 Å². The van der Waals surface area contributed by atoms with Crippen LogP contribution in [0.2, 0.25) is 0 Å². The highest BCUT2D eigenvalue weighted by molar-refractivity contribution is 5.98. The van der Waals surface area contributed by atoms with E-state index < -0.39 is 0 Å². The van der Waals surface area contributed by atoms with Crippen molar-refractivity contribution in [3.63, 3.8) is 0 Å². The number of unbranched alkanes of at least 4 members (excludes halogenated alkanes) is 1. The molecule has 2 rings (SSSR count). The Balaban J connectivity index is 2.47. The fraction of sp³-hybridized carbons (Fsp3) is 0.267. The van der Waals surface area contributed by atoms with Gasteiger partial charge in [0.1, 0.15) is 0 Å². The molecule has 2 aromatic carbocycles. The van der Waals surface area contributed by atoms with Crippen LogP contribution in [-0.4, -0.2) is 5.91 Å². The molecule has 0 heterocycles. The first-order chi connectivity index (χ1) is 8.22. The van der Waals surface area contributed by atoms with Crippen LogP contribution in [-0.2, 0) is 6.42 Å². The highest BCUT2D eigenvalue weighted by Gasteiger charge is 2.04. The minimum absolute atomic E-state index is 0.370. The average molecular weight is 227 g/mol. The number of aryl methyl sites for hydroxylation is 1. The summed E-state index contributed by atoms with van der Waals surface area (Å²) >= 11 is 0. The Kier molecular flexibility index (Phi) is 3.43. The van der Waals surface area contributed by atoms with Gasteiger partial charge in [0.25, 0.3) is 0 Å². The van der Waals surface area contributed by atoms with Gasteiger partial charge < -0.3 is 5.73 Å². The van der Waals surface area contributed by atoms with Crippen LogP contribution in [0.1, 0.15) is 35.7 Å². The molecule has 0 aromatic heterocycles. The van der Waals surface area contributed by atoms with Crippen LogP contribution in [0.3, 0.4) is 0 Å². The van der Waals surface area contributed by atoms with Crippen molar-refractivity contribution in [3.05, 3.63) is 47.5 Å². The first-order valence-electron chi connectivity index (χ1n) is 6.04. The number of rotatable bonds is 4. The molecule has 17 heavy (non-hydrogen) atoms. The first-order valence-corrected chi connectivity index (χ1v) is 6.04. The zero-order chi connectivity index (χ0) is 12.3. The fourth-order valence-corrected chi connectivity index (χ4v) is 2.09. The molecule has 0 unspecified atom stereocenters. The van der Waals surface area contributed by atoms with Gasteiger partial charge in [-0.15, -0.1) is 0 Å². The van der Waals surface area contributed by atoms with Crippen molar-refractivity contribution in [3.8, 4) is 0 Å². The topological polar surface area (TPSA) is 43.1 Å². The fourth-order valence-electron chi connectivity index (χ4n) is 2.09. The van der Waals surface area contributed by atoms with Crippen LogP contribution in [0.15, 0.2) is 36.4 Å². The second-order valence-electron chi connectivity index (χ2n) is 4.32. The molecule has 0 aliphatic heterocycles. The predicted octanol–water partition coefficient (Wildman–Crippen LogP) is 3.28. The maximum Gasteiger partial charge on any atom is 0.248 e. The number of carbonyl (C=O) groups is 1. The molecule has 2 N–H and O–H groups in total. The van der Waals surface area contributed by atoms with Crippen LogP contribution in [0, 0.1) is 0 Å². The van der Waals surface area contributed by atoms with Gasteiger partial charge in [0.2, 0.25) is 5.91 Å². The van der Waals surface area contributed by atoms with Gasteiger partial charge in [-0.05, 0) is 41.3 Å². The third-order valence-corrected chi connectivity index (χ3v) is 3.05. The monoisotopic (exact) mass is 227 g/mol. The summed E-state index contributed by atoms with van der Waals surface area (Å²) in [6.07, 6.45) is 3.47. The number of carbonyl (C=O) groups excluding carboxylic acids is 1. The molecule has 0 aliphatic rings. The third kappa shape index (κ3) is 2.47. The lowest BCUT2D eigenvalue weighted by molar-refractivity contribution is 0.100. The number of benzene rings is 2. The minimum atomic E-state index is -0.370. The van der Waals surface area contributed by atoms with E-state index in [9.17, 15) is 4.79 Å². The van der Waals surface area contributed by atoms with Crippen LogP contribution >= 0.6 is 0 Å². The molecule has 0 saturated carbocycles. The minimum Gasteiger partial charge on any atom is -0.366 e. The summed E-state index contributed by atoms with van der Waals surface area (Å²) in [5.74, 6) is -0.370. The van der Waals surface area contributed by atoms with Gasteiger partial charge in [0.05, 0.1) is 0 Å². The van der Waals surface area contributed by atoms with E-state index in [2.05, 4.69) is 13.0 Å². The third-order valence-electron chi connectivity index (χ3n) is 3.05. The second-order valence-corrected chi connectivity index (χ2v) is 4.32. The Morgan fingerprint density at radius 3 is 2.76 bits per heavy atom. The quantitative estimate of drug-likeness (QED) is 0.855. The molecule has 0 aliphatic carbocycles. The maximum absolute atomic E-state index is 11.1. The van der Waals surface area contributed by atoms with Gasteiger partial charge in [0, 0.05) is 5.56 Å². The Bertz CT molecular complexity index is 546. The highest BCUT2D eigenvalue weighted by Crippen LogP contribution is 2.21. The molecular formula is C15H17NO. The normalized spacial score (nSPS) is 10.6. The maximum atomic E-state index is 11.1. The second kappa shape index (κ2) is 5.00. The predicted molar refractivity (Wildman–Crippen MR) is 71.1 cm³/mol. The molecule has 0 atom stereocenters. The number of hydrogen-bond acceptors (Lipinski definition) is 1. The lowest BCUT2D eigenvalue weighted by atomic mass is 9.98. The van der Waals surface area contributed by atoms with Crippen molar-refractivity contribution in [2.24, 2.45) is 5.73 Å². The van der Waals surface area contributed by atoms with Gasteiger partial charge in [0.15, 0.2) is 0 Å². The van der Waals surface area contributed by atoms with Crippen LogP contribution < -0.4 is 5.73 Å². The van der Waals surface area contributed by atoms with Crippen molar-refractivity contribution >= 4 is 16.7 Å². The standard InChI is InChI=1S/C15H17NO/c1-2-3-5-11-6-4-7-12-10-13(15(16)17)8-9-14(11)12/h4,6-10H,2-3,5H2,1H3,(H2,16,17). The zero-order valence-electron chi connectivity index (χ0n) is 10.1. The summed E-state index contributed by atoms with van der Waals surface area (Å²) < 4.78 is 0. The lowest BCUT2D eigenvalue weighted by Gasteiger charge is -2.07. The van der Waals surface area contributed by atoms with Crippen LogP contribution in [0.4, 0.5) is 0 Å². The Morgan fingerprint density at radius 1 is 1.24 bits per heavy atom. The van der Waals surface area contributed by atoms with Gasteiger partial charge in [-0.2, -0.15) is 0 Å². The van der Waals surface area contributed by atoms with E-state index in [-0.39, 0.29) is 5.91 Å². The van der Waals surface area contributed by atoms with Gasteiger partial charge in [-0.1, -0.05) is 37.6 Å². The van der Waals surface area contributed by atoms with Gasteiger partial charge in [-0.3, -0.25) is 4.79 Å². The van der Waals surface area contributed by atoms with Crippen molar-refractivity contribution in [1.82, 2.24) is 0 Å². The number of hydrogen-bond donors (Lipinski definition) is 1. The van der Waals surface area contributed by atoms with Gasteiger partial charge in [-0.25, -0.2) is 0 Å². The molecule has 2 aromatic rings. The highest BCUT2D eigenvalue weighted by atomic mass is 16.1. The molecule has 88 valence electrons. The number of fused-ring (bicyclic) bond motifs is 1. The summed E-state index contributed by atoms with van der Waals surface area (Å²) in [4.78, 5) is 11.1. The molecular weight excluding hydrogens is 210 g/mol. The molecule has 2 nitrogen and oxygen atoms in total. The van der Waals surface area contributed by atoms with E-state index in [1.807, 2.05) is 24.3 Å². The molecule has 0 spiro atoms. The summed E-state index contributed by atoms with van der Waals surface area (Å²) in [5.41, 5.74) is 7.21. The number of primary amides is 1. The number of nitrogens with two attached hydrogens (primary N) is 1. The summed E-state index contributed by atoms with van der Waals surface area (Å²) in [5, 5.41) is 2.32. The molecule has 0 bridgehead atoms. The lowest BCUT2D eigenvalue weighted by Crippen LogP contribution is -2.10. The Labute approximate surface area is 101 Å². The van der Waals surface area contributed by atoms with Gasteiger partial charge >= 0.3 is 0 Å². The molecule has 0 fully saturated rings. The SMILES string of the molecule is CCCCc1cccc2cc(C(N)=O)ccc12. The van der Waals surface area contributed by atoms with E-state index in [0.717, 1.165) is 11.8 Å². The molecule has 0 radical (unpaired) electrons. The van der Waals surface area contributed by atoms with Crippen molar-refractivity contribution < 1.29 is 4.79 Å². The summed E-state index contributed by atoms with van der Waals surface area (Å²) in [7, 11) is 0. The van der Waals surface area contributed by atoms with E-state index in [1.165, 1.54) is 23.8 Å². The van der Waals surface area contributed by atoms with E-state index in [4.69, 9.17) is 5.73 Å². The Hall–Kier alpha value is -1.83. The molecule has 0 saturated heterocycles. The van der Waals surface area contributed by atoms with Crippen LogP contribution in [0.5, 0.6) is 0 Å². The van der Waals surface area contributed by atoms with Crippen molar-refractivity contribution in [2.75, 3.05) is 0 Å². The molecule has 1 amide bonds. The Morgan fingerprint density at radius 2 is 2.06 bits per heavy atom. The van der Waals surface area contributed by atoms with E-state index >= 15 is 0 Å². The molecule has 2 heteroatoms. The van der Waals surface area contributed by atoms with E-state index in [0.29, 0.717) is 5.56 Å². The number of amides is 1. The summed E-state index contributed by atoms with van der Waals surface area (Å²) in [6, 6.07) is 11.9.